The number of carbonyl (C=O) groups excluding carboxylic acids is 2. The highest BCUT2D eigenvalue weighted by Gasteiger charge is 2.38. The molecule has 8 heteroatoms. The number of nitrogens with one attached hydrogen (secondary N) is 1. The van der Waals surface area contributed by atoms with Gasteiger partial charge >= 0.3 is 5.97 Å². The number of carbonyl (C=O) groups is 2. The Hall–Kier alpha value is -3.94. The normalized spacial score (nSPS) is 15.3. The van der Waals surface area contributed by atoms with E-state index in [0.717, 1.165) is 11.1 Å². The minimum Gasteiger partial charge on any atom is -0.463 e. The van der Waals surface area contributed by atoms with Gasteiger partial charge in [0.25, 0.3) is 0 Å². The van der Waals surface area contributed by atoms with Gasteiger partial charge in [0.1, 0.15) is 18.9 Å². The van der Waals surface area contributed by atoms with Crippen LogP contribution in [0.15, 0.2) is 78.3 Å². The smallest absolute Gasteiger partial charge is 0.338 e. The maximum atomic E-state index is 13.0. The van der Waals surface area contributed by atoms with Crippen molar-refractivity contribution in [3.63, 3.8) is 0 Å². The van der Waals surface area contributed by atoms with E-state index >= 15 is 0 Å². The van der Waals surface area contributed by atoms with Crippen LogP contribution in [0.25, 0.3) is 0 Å². The van der Waals surface area contributed by atoms with Gasteiger partial charge < -0.3 is 15.0 Å². The number of anilines is 1. The lowest BCUT2D eigenvalue weighted by Crippen LogP contribution is -2.42. The molecule has 1 aromatic heterocycles. The molecule has 1 N–H and O–H groups in total. The first-order valence-corrected chi connectivity index (χ1v) is 10.5. The molecule has 0 fully saturated rings. The molecule has 164 valence electrons. The van der Waals surface area contributed by atoms with Crippen LogP contribution >= 0.6 is 0 Å². The third-order valence-electron chi connectivity index (χ3n) is 5.35. The standard InChI is InChI=1S/C24H25N5O3/c1-3-32-23(31)21-17(2)28(15-20(30)25-14-18-10-6-4-7-11-18)24-26-16-27-29(24)22(21)19-12-8-5-9-13-19/h4-13,16,22H,3,14-15H2,1-2H3,(H,25,30). The van der Waals surface area contributed by atoms with Gasteiger partial charge in [0.15, 0.2) is 0 Å². The molecule has 3 aromatic rings. The van der Waals surface area contributed by atoms with E-state index in [1.54, 1.807) is 16.5 Å². The highest BCUT2D eigenvalue weighted by atomic mass is 16.5. The Morgan fingerprint density at radius 2 is 1.75 bits per heavy atom. The molecule has 0 bridgehead atoms. The van der Waals surface area contributed by atoms with Gasteiger partial charge in [-0.1, -0.05) is 60.7 Å². The van der Waals surface area contributed by atoms with E-state index in [1.807, 2.05) is 67.6 Å². The Bertz CT molecular complexity index is 1120. The van der Waals surface area contributed by atoms with Gasteiger partial charge in [-0.25, -0.2) is 9.48 Å². The fourth-order valence-electron chi connectivity index (χ4n) is 3.83. The lowest BCUT2D eigenvalue weighted by Gasteiger charge is -2.35. The van der Waals surface area contributed by atoms with Gasteiger partial charge in [0.2, 0.25) is 11.9 Å². The van der Waals surface area contributed by atoms with Crippen molar-refractivity contribution < 1.29 is 14.3 Å². The Balaban J connectivity index is 1.66. The molecule has 1 aliphatic rings. The van der Waals surface area contributed by atoms with Crippen molar-refractivity contribution in [1.29, 1.82) is 0 Å². The first kappa shape index (κ1) is 21.3. The number of hydrogen-bond acceptors (Lipinski definition) is 6. The zero-order valence-corrected chi connectivity index (χ0v) is 18.1. The molecule has 8 nitrogen and oxygen atoms in total. The summed E-state index contributed by atoms with van der Waals surface area (Å²) >= 11 is 0. The van der Waals surface area contributed by atoms with Crippen LogP contribution < -0.4 is 10.2 Å². The Labute approximate surface area is 186 Å². The first-order valence-electron chi connectivity index (χ1n) is 10.5. The number of amides is 1. The lowest BCUT2D eigenvalue weighted by atomic mass is 9.95. The molecule has 1 amide bonds. The second kappa shape index (κ2) is 9.47. The van der Waals surface area contributed by atoms with Crippen LogP contribution in [-0.2, 0) is 20.9 Å². The predicted octanol–water partition coefficient (Wildman–Crippen LogP) is 2.84. The van der Waals surface area contributed by atoms with Gasteiger partial charge in [0.05, 0.1) is 12.2 Å². The SMILES string of the molecule is CCOC(=O)C1=C(C)N(CC(=O)NCc2ccccc2)c2ncnn2C1c1ccccc1. The van der Waals surface area contributed by atoms with Gasteiger partial charge in [-0.05, 0) is 25.0 Å². The summed E-state index contributed by atoms with van der Waals surface area (Å²) in [4.78, 5) is 31.9. The van der Waals surface area contributed by atoms with Crippen molar-refractivity contribution >= 4 is 17.8 Å². The van der Waals surface area contributed by atoms with Crippen molar-refractivity contribution in [2.24, 2.45) is 0 Å². The van der Waals surface area contributed by atoms with E-state index in [4.69, 9.17) is 4.74 Å². The summed E-state index contributed by atoms with van der Waals surface area (Å²) in [5, 5.41) is 7.31. The topological polar surface area (TPSA) is 89.3 Å². The van der Waals surface area contributed by atoms with Crippen LogP contribution in [0.4, 0.5) is 5.95 Å². The summed E-state index contributed by atoms with van der Waals surface area (Å²) < 4.78 is 7.03. The summed E-state index contributed by atoms with van der Waals surface area (Å²) in [5.74, 6) is -0.127. The number of esters is 1. The minimum atomic E-state index is -0.489. The highest BCUT2D eigenvalue weighted by Crippen LogP contribution is 2.38. The average Bonchev–Trinajstić information content (AvgIpc) is 3.30. The van der Waals surface area contributed by atoms with Gasteiger partial charge in [-0.15, -0.1) is 0 Å². The van der Waals surface area contributed by atoms with Gasteiger partial charge in [0, 0.05) is 12.2 Å². The Morgan fingerprint density at radius 1 is 1.06 bits per heavy atom. The number of rotatable bonds is 7. The summed E-state index contributed by atoms with van der Waals surface area (Å²) in [6.07, 6.45) is 1.43. The molecule has 1 atom stereocenters. The number of allylic oxidation sites excluding steroid dienone is 1. The molecule has 0 radical (unpaired) electrons. The van der Waals surface area contributed by atoms with Gasteiger partial charge in [-0.3, -0.25) is 4.79 Å². The highest BCUT2D eigenvalue weighted by molar-refractivity contribution is 5.93. The second-order valence-electron chi connectivity index (χ2n) is 7.39. The number of ether oxygens (including phenoxy) is 1. The third-order valence-corrected chi connectivity index (χ3v) is 5.35. The van der Waals surface area contributed by atoms with E-state index in [0.29, 0.717) is 23.8 Å². The van der Waals surface area contributed by atoms with Crippen molar-refractivity contribution in [2.45, 2.75) is 26.4 Å². The molecule has 4 rings (SSSR count). The van der Waals surface area contributed by atoms with Crippen molar-refractivity contribution in [3.05, 3.63) is 89.4 Å². The molecule has 1 aliphatic heterocycles. The van der Waals surface area contributed by atoms with Crippen molar-refractivity contribution in [1.82, 2.24) is 20.1 Å². The molecular weight excluding hydrogens is 406 g/mol. The van der Waals surface area contributed by atoms with E-state index in [1.165, 1.54) is 6.33 Å². The Kier molecular flexibility index (Phi) is 6.30. The molecule has 0 saturated carbocycles. The molecule has 0 aliphatic carbocycles. The largest absolute Gasteiger partial charge is 0.463 e. The molecule has 32 heavy (non-hydrogen) atoms. The minimum absolute atomic E-state index is 0.00176. The second-order valence-corrected chi connectivity index (χ2v) is 7.39. The zero-order chi connectivity index (χ0) is 22.5. The molecule has 1 unspecified atom stereocenters. The van der Waals surface area contributed by atoms with E-state index in [2.05, 4.69) is 15.4 Å². The van der Waals surface area contributed by atoms with Crippen LogP contribution in [0.3, 0.4) is 0 Å². The molecule has 2 aromatic carbocycles. The molecular formula is C24H25N5O3. The fraction of sp³-hybridized carbons (Fsp3) is 0.250. The van der Waals surface area contributed by atoms with E-state index in [-0.39, 0.29) is 19.1 Å². The number of nitrogens with zero attached hydrogens (tertiary/aromatic N) is 4. The van der Waals surface area contributed by atoms with E-state index in [9.17, 15) is 9.59 Å². The Morgan fingerprint density at radius 3 is 2.44 bits per heavy atom. The van der Waals surface area contributed by atoms with Crippen LogP contribution in [0.2, 0.25) is 0 Å². The zero-order valence-electron chi connectivity index (χ0n) is 18.1. The number of hydrogen-bond donors (Lipinski definition) is 1. The molecule has 0 saturated heterocycles. The summed E-state index contributed by atoms with van der Waals surface area (Å²) in [6, 6.07) is 18.8. The number of aromatic nitrogens is 3. The van der Waals surface area contributed by atoms with Crippen molar-refractivity contribution in [3.8, 4) is 0 Å². The van der Waals surface area contributed by atoms with E-state index < -0.39 is 12.0 Å². The summed E-state index contributed by atoms with van der Waals surface area (Å²) in [7, 11) is 0. The lowest BCUT2D eigenvalue weighted by molar-refractivity contribution is -0.139. The number of benzene rings is 2. The van der Waals surface area contributed by atoms with Crippen LogP contribution in [0, 0.1) is 0 Å². The quantitative estimate of drug-likeness (QED) is 0.579. The molecule has 0 spiro atoms. The third kappa shape index (κ3) is 4.25. The maximum absolute atomic E-state index is 13.0. The van der Waals surface area contributed by atoms with Crippen LogP contribution in [0.5, 0.6) is 0 Å². The van der Waals surface area contributed by atoms with Crippen LogP contribution in [-0.4, -0.2) is 39.8 Å². The first-order chi connectivity index (χ1) is 15.6. The van der Waals surface area contributed by atoms with Crippen LogP contribution in [0.1, 0.15) is 31.0 Å². The summed E-state index contributed by atoms with van der Waals surface area (Å²) in [6.45, 7) is 4.25. The van der Waals surface area contributed by atoms with Crippen molar-refractivity contribution in [2.75, 3.05) is 18.1 Å². The average molecular weight is 431 g/mol. The summed E-state index contributed by atoms with van der Waals surface area (Å²) in [5.41, 5.74) is 2.95. The predicted molar refractivity (Wildman–Crippen MR) is 120 cm³/mol. The molecule has 2 heterocycles. The monoisotopic (exact) mass is 431 g/mol. The number of fused-ring (bicyclic) bond motifs is 1. The fourth-order valence-corrected chi connectivity index (χ4v) is 3.83. The van der Waals surface area contributed by atoms with Gasteiger partial charge in [-0.2, -0.15) is 10.1 Å². The maximum Gasteiger partial charge on any atom is 0.338 e.